The van der Waals surface area contributed by atoms with Gasteiger partial charge in [0, 0.05) is 31.0 Å². The molecule has 0 N–H and O–H groups in total. The fraction of sp³-hybridized carbons (Fsp3) is 0.706. The van der Waals surface area contributed by atoms with Gasteiger partial charge in [-0.15, -0.1) is 0 Å². The zero-order valence-electron chi connectivity index (χ0n) is 12.8. The second kappa shape index (κ2) is 5.03. The smallest absolute Gasteiger partial charge is 0.254 e. The number of pyridine rings is 1. The molecule has 20 heavy (non-hydrogen) atoms. The first-order valence-corrected chi connectivity index (χ1v) is 7.81. The van der Waals surface area contributed by atoms with Crippen molar-refractivity contribution in [3.8, 4) is 0 Å². The molecule has 1 aliphatic heterocycles. The SMILES string of the molecule is CC(C)(C)c1cc(C2CC2)cn(C2CCOCC2)c1=O. The molecule has 0 amide bonds. The average molecular weight is 275 g/mol. The highest BCUT2D eigenvalue weighted by Gasteiger charge is 2.29. The van der Waals surface area contributed by atoms with Crippen LogP contribution in [0.2, 0.25) is 0 Å². The van der Waals surface area contributed by atoms with Crippen molar-refractivity contribution < 1.29 is 4.74 Å². The fourth-order valence-corrected chi connectivity index (χ4v) is 3.04. The van der Waals surface area contributed by atoms with Crippen molar-refractivity contribution in [1.29, 1.82) is 0 Å². The van der Waals surface area contributed by atoms with Gasteiger partial charge in [0.05, 0.1) is 0 Å². The lowest BCUT2D eigenvalue weighted by molar-refractivity contribution is 0.0684. The van der Waals surface area contributed by atoms with Crippen molar-refractivity contribution in [2.75, 3.05) is 13.2 Å². The van der Waals surface area contributed by atoms with E-state index in [-0.39, 0.29) is 11.0 Å². The van der Waals surface area contributed by atoms with Crippen LogP contribution in [-0.2, 0) is 10.2 Å². The van der Waals surface area contributed by atoms with Crippen molar-refractivity contribution in [2.45, 2.75) is 63.8 Å². The third-order valence-corrected chi connectivity index (χ3v) is 4.51. The summed E-state index contributed by atoms with van der Waals surface area (Å²) in [7, 11) is 0. The third kappa shape index (κ3) is 2.69. The van der Waals surface area contributed by atoms with Crippen molar-refractivity contribution in [2.24, 2.45) is 0 Å². The molecule has 0 unspecified atom stereocenters. The first kappa shape index (κ1) is 13.9. The lowest BCUT2D eigenvalue weighted by Crippen LogP contribution is -2.34. The largest absolute Gasteiger partial charge is 0.381 e. The molecule has 1 saturated carbocycles. The molecule has 0 radical (unpaired) electrons. The Labute approximate surface area is 121 Å². The minimum atomic E-state index is -0.0884. The summed E-state index contributed by atoms with van der Waals surface area (Å²) < 4.78 is 7.44. The van der Waals surface area contributed by atoms with Gasteiger partial charge in [0.25, 0.3) is 5.56 Å². The van der Waals surface area contributed by atoms with E-state index in [1.807, 2.05) is 4.57 Å². The van der Waals surface area contributed by atoms with Gasteiger partial charge in [0.2, 0.25) is 0 Å². The molecular weight excluding hydrogens is 250 g/mol. The topological polar surface area (TPSA) is 31.2 Å². The predicted molar refractivity (Wildman–Crippen MR) is 80.5 cm³/mol. The number of aromatic nitrogens is 1. The van der Waals surface area contributed by atoms with Crippen molar-refractivity contribution >= 4 is 0 Å². The standard InChI is InChI=1S/C17H25NO2/c1-17(2,3)15-10-13(12-4-5-12)11-18(16(15)19)14-6-8-20-9-7-14/h10-12,14H,4-9H2,1-3H3. The van der Waals surface area contributed by atoms with Gasteiger partial charge in [-0.25, -0.2) is 0 Å². The van der Waals surface area contributed by atoms with Gasteiger partial charge < -0.3 is 9.30 Å². The second-order valence-corrected chi connectivity index (χ2v) is 7.27. The van der Waals surface area contributed by atoms with E-state index in [1.54, 1.807) is 0 Å². The zero-order chi connectivity index (χ0) is 14.3. The summed E-state index contributed by atoms with van der Waals surface area (Å²) in [5.74, 6) is 0.683. The van der Waals surface area contributed by atoms with E-state index < -0.39 is 0 Å². The molecule has 3 nitrogen and oxygen atoms in total. The van der Waals surface area contributed by atoms with Crippen LogP contribution in [-0.4, -0.2) is 17.8 Å². The predicted octanol–water partition coefficient (Wildman–Crippen LogP) is 3.37. The maximum absolute atomic E-state index is 12.8. The highest BCUT2D eigenvalue weighted by atomic mass is 16.5. The van der Waals surface area contributed by atoms with Gasteiger partial charge in [-0.2, -0.15) is 0 Å². The number of nitrogens with zero attached hydrogens (tertiary/aromatic N) is 1. The molecule has 2 aliphatic rings. The second-order valence-electron chi connectivity index (χ2n) is 7.27. The summed E-state index contributed by atoms with van der Waals surface area (Å²) in [6.45, 7) is 7.95. The molecule has 2 fully saturated rings. The Morgan fingerprint density at radius 3 is 2.35 bits per heavy atom. The van der Waals surface area contributed by atoms with Crippen LogP contribution in [0.5, 0.6) is 0 Å². The Bertz CT molecular complexity index is 543. The highest BCUT2D eigenvalue weighted by molar-refractivity contribution is 5.30. The first-order valence-electron chi connectivity index (χ1n) is 7.81. The van der Waals surface area contributed by atoms with Crippen LogP contribution in [0.3, 0.4) is 0 Å². The fourth-order valence-electron chi connectivity index (χ4n) is 3.04. The molecule has 3 heteroatoms. The van der Waals surface area contributed by atoms with Gasteiger partial charge in [0.1, 0.15) is 0 Å². The van der Waals surface area contributed by atoms with E-state index in [1.165, 1.54) is 18.4 Å². The third-order valence-electron chi connectivity index (χ3n) is 4.51. The number of hydrogen-bond donors (Lipinski definition) is 0. The molecule has 1 aromatic rings. The van der Waals surface area contributed by atoms with Crippen molar-refractivity contribution in [1.82, 2.24) is 4.57 Å². The van der Waals surface area contributed by atoms with E-state index in [0.29, 0.717) is 12.0 Å². The van der Waals surface area contributed by atoms with Crippen LogP contribution < -0.4 is 5.56 Å². The molecule has 1 saturated heterocycles. The summed E-state index contributed by atoms with van der Waals surface area (Å²) >= 11 is 0. The van der Waals surface area contributed by atoms with Gasteiger partial charge >= 0.3 is 0 Å². The minimum Gasteiger partial charge on any atom is -0.381 e. The molecule has 0 spiro atoms. The molecule has 0 atom stereocenters. The Morgan fingerprint density at radius 1 is 1.15 bits per heavy atom. The van der Waals surface area contributed by atoms with Crippen LogP contribution in [0.4, 0.5) is 0 Å². The van der Waals surface area contributed by atoms with Gasteiger partial charge in [-0.1, -0.05) is 20.8 Å². The summed E-state index contributed by atoms with van der Waals surface area (Å²) in [4.78, 5) is 12.8. The van der Waals surface area contributed by atoms with Crippen molar-refractivity contribution in [3.05, 3.63) is 33.7 Å². The zero-order valence-corrected chi connectivity index (χ0v) is 12.8. The summed E-state index contributed by atoms with van der Waals surface area (Å²) in [5.41, 5.74) is 2.44. The number of ether oxygens (including phenoxy) is 1. The van der Waals surface area contributed by atoms with E-state index in [0.717, 1.165) is 31.6 Å². The van der Waals surface area contributed by atoms with Crippen LogP contribution in [0.1, 0.15) is 69.5 Å². The lowest BCUT2D eigenvalue weighted by Gasteiger charge is -2.27. The molecule has 110 valence electrons. The van der Waals surface area contributed by atoms with Crippen LogP contribution in [0.15, 0.2) is 17.1 Å². The lowest BCUT2D eigenvalue weighted by atomic mass is 9.86. The molecule has 1 aliphatic carbocycles. The van der Waals surface area contributed by atoms with Crippen LogP contribution in [0, 0.1) is 0 Å². The Morgan fingerprint density at radius 2 is 1.80 bits per heavy atom. The van der Waals surface area contributed by atoms with E-state index in [9.17, 15) is 4.79 Å². The molecule has 2 heterocycles. The molecule has 0 aromatic carbocycles. The number of hydrogen-bond acceptors (Lipinski definition) is 2. The average Bonchev–Trinajstić information content (AvgIpc) is 3.23. The Balaban J connectivity index is 2.07. The summed E-state index contributed by atoms with van der Waals surface area (Å²) in [5, 5.41) is 0. The van der Waals surface area contributed by atoms with E-state index >= 15 is 0 Å². The highest BCUT2D eigenvalue weighted by Crippen LogP contribution is 2.41. The maximum Gasteiger partial charge on any atom is 0.254 e. The minimum absolute atomic E-state index is 0.0884. The van der Waals surface area contributed by atoms with Crippen molar-refractivity contribution in [3.63, 3.8) is 0 Å². The number of rotatable bonds is 2. The van der Waals surface area contributed by atoms with Gasteiger partial charge in [0.15, 0.2) is 0 Å². The van der Waals surface area contributed by atoms with Crippen LogP contribution in [0.25, 0.3) is 0 Å². The molecule has 3 rings (SSSR count). The molecule has 0 bridgehead atoms. The Hall–Kier alpha value is -1.09. The van der Waals surface area contributed by atoms with Gasteiger partial charge in [-0.05, 0) is 48.6 Å². The van der Waals surface area contributed by atoms with E-state index in [4.69, 9.17) is 4.74 Å². The molecular formula is C17H25NO2. The quantitative estimate of drug-likeness (QED) is 0.828. The molecule has 1 aromatic heterocycles. The Kier molecular flexibility index (Phi) is 3.49. The first-order chi connectivity index (χ1) is 9.47. The summed E-state index contributed by atoms with van der Waals surface area (Å²) in [6, 6.07) is 2.48. The summed E-state index contributed by atoms with van der Waals surface area (Å²) in [6.07, 6.45) is 6.59. The normalized spacial score (nSPS) is 21.1. The maximum atomic E-state index is 12.8. The van der Waals surface area contributed by atoms with Crippen LogP contribution >= 0.6 is 0 Å². The monoisotopic (exact) mass is 275 g/mol. The van der Waals surface area contributed by atoms with E-state index in [2.05, 4.69) is 33.0 Å². The van der Waals surface area contributed by atoms with Gasteiger partial charge in [-0.3, -0.25) is 4.79 Å².